The Bertz CT molecular complexity index is 780. The Labute approximate surface area is 146 Å². The number of aromatic amines is 1. The molecule has 1 atom stereocenters. The summed E-state index contributed by atoms with van der Waals surface area (Å²) in [5, 5.41) is 14.0. The Balaban J connectivity index is 1.84. The van der Waals surface area contributed by atoms with Crippen LogP contribution in [0.15, 0.2) is 18.5 Å². The van der Waals surface area contributed by atoms with Crippen molar-refractivity contribution in [1.29, 1.82) is 0 Å². The van der Waals surface area contributed by atoms with Crippen LogP contribution in [0.5, 0.6) is 0 Å². The van der Waals surface area contributed by atoms with Crippen LogP contribution in [0.1, 0.15) is 53.2 Å². The molecule has 2 aromatic heterocycles. The van der Waals surface area contributed by atoms with Crippen molar-refractivity contribution in [2.24, 2.45) is 0 Å². The third-order valence-electron chi connectivity index (χ3n) is 4.88. The molecular weight excluding hydrogens is 320 g/mol. The number of carbonyl (C=O) groups excluding carboxylic acids is 2. The lowest BCUT2D eigenvalue weighted by atomic mass is 9.77. The number of hydrogen-bond acceptors (Lipinski definition) is 4. The summed E-state index contributed by atoms with van der Waals surface area (Å²) in [5.41, 5.74) is 1.43. The van der Waals surface area contributed by atoms with E-state index in [0.29, 0.717) is 24.3 Å². The maximum absolute atomic E-state index is 12.8. The molecule has 0 aromatic carbocycles. The highest BCUT2D eigenvalue weighted by atomic mass is 16.2. The molecule has 8 heteroatoms. The largest absolute Gasteiger partial charge is 0.355 e. The molecule has 134 valence electrons. The molecule has 0 spiro atoms. The maximum Gasteiger partial charge on any atom is 0.274 e. The zero-order chi connectivity index (χ0) is 18.0. The van der Waals surface area contributed by atoms with Gasteiger partial charge in [0.1, 0.15) is 5.69 Å². The van der Waals surface area contributed by atoms with Crippen LogP contribution in [0.2, 0.25) is 0 Å². The quantitative estimate of drug-likeness (QED) is 0.870. The Morgan fingerprint density at radius 1 is 1.44 bits per heavy atom. The van der Waals surface area contributed by atoms with Gasteiger partial charge in [0.05, 0.1) is 17.5 Å². The molecule has 3 heterocycles. The van der Waals surface area contributed by atoms with Gasteiger partial charge in [-0.3, -0.25) is 19.4 Å². The van der Waals surface area contributed by atoms with Gasteiger partial charge in [0.15, 0.2) is 0 Å². The molecule has 2 N–H and O–H groups in total. The summed E-state index contributed by atoms with van der Waals surface area (Å²) in [7, 11) is 1.60. The van der Waals surface area contributed by atoms with E-state index in [1.54, 1.807) is 24.0 Å². The average molecular weight is 344 g/mol. The van der Waals surface area contributed by atoms with Gasteiger partial charge in [-0.1, -0.05) is 6.92 Å². The molecule has 0 aliphatic carbocycles. The monoisotopic (exact) mass is 344 g/mol. The number of nitrogens with one attached hydrogen (secondary N) is 2. The minimum atomic E-state index is -0.348. The number of amides is 2. The van der Waals surface area contributed by atoms with Gasteiger partial charge in [-0.2, -0.15) is 10.2 Å². The first-order valence-corrected chi connectivity index (χ1v) is 8.57. The van der Waals surface area contributed by atoms with E-state index in [1.165, 1.54) is 0 Å². The summed E-state index contributed by atoms with van der Waals surface area (Å²) < 4.78 is 1.75. The molecule has 2 aromatic rings. The standard InChI is InChI=1S/C17H24N6O2/c1-4-23-9-6-13(21-23)16(25)22-8-5-7-17(2,11-22)14-12(10-19-20-14)15(24)18-3/h6,9-10H,4-5,7-8,11H2,1-3H3,(H,18,24)(H,19,20)/t17-/m1/s1. The van der Waals surface area contributed by atoms with Crippen molar-refractivity contribution in [2.45, 2.75) is 38.6 Å². The summed E-state index contributed by atoms with van der Waals surface area (Å²) >= 11 is 0. The highest BCUT2D eigenvalue weighted by molar-refractivity contribution is 5.95. The number of rotatable bonds is 4. The zero-order valence-electron chi connectivity index (χ0n) is 14.9. The lowest BCUT2D eigenvalue weighted by molar-refractivity contribution is 0.0640. The van der Waals surface area contributed by atoms with Crippen molar-refractivity contribution in [3.8, 4) is 0 Å². The van der Waals surface area contributed by atoms with Crippen LogP contribution in [-0.4, -0.2) is 56.8 Å². The fourth-order valence-corrected chi connectivity index (χ4v) is 3.48. The van der Waals surface area contributed by atoms with Gasteiger partial charge in [-0.25, -0.2) is 0 Å². The van der Waals surface area contributed by atoms with Crippen LogP contribution in [0.3, 0.4) is 0 Å². The van der Waals surface area contributed by atoms with Crippen molar-refractivity contribution in [3.63, 3.8) is 0 Å². The Morgan fingerprint density at radius 3 is 2.92 bits per heavy atom. The summed E-state index contributed by atoms with van der Waals surface area (Å²) in [6.45, 7) is 6.00. The lowest BCUT2D eigenvalue weighted by Crippen LogP contribution is -2.48. The Hall–Kier alpha value is -2.64. The molecule has 25 heavy (non-hydrogen) atoms. The second kappa shape index (κ2) is 6.70. The molecule has 3 rings (SSSR count). The highest BCUT2D eigenvalue weighted by Gasteiger charge is 2.39. The molecule has 8 nitrogen and oxygen atoms in total. The van der Waals surface area contributed by atoms with Gasteiger partial charge < -0.3 is 10.2 Å². The number of aryl methyl sites for hydroxylation is 1. The number of carbonyl (C=O) groups is 2. The van der Waals surface area contributed by atoms with Gasteiger partial charge in [-0.15, -0.1) is 0 Å². The number of hydrogen-bond donors (Lipinski definition) is 2. The van der Waals surface area contributed by atoms with Gasteiger partial charge in [0.2, 0.25) is 0 Å². The van der Waals surface area contributed by atoms with Crippen molar-refractivity contribution in [2.75, 3.05) is 20.1 Å². The van der Waals surface area contributed by atoms with Gasteiger partial charge in [0.25, 0.3) is 11.8 Å². The van der Waals surface area contributed by atoms with E-state index in [1.807, 2.05) is 18.0 Å². The first kappa shape index (κ1) is 17.2. The van der Waals surface area contributed by atoms with Gasteiger partial charge >= 0.3 is 0 Å². The molecule has 0 unspecified atom stereocenters. The predicted octanol–water partition coefficient (Wildman–Crippen LogP) is 1.18. The van der Waals surface area contributed by atoms with E-state index < -0.39 is 0 Å². The van der Waals surface area contributed by atoms with Crippen molar-refractivity contribution in [3.05, 3.63) is 35.4 Å². The maximum atomic E-state index is 12.8. The Kier molecular flexibility index (Phi) is 4.61. The summed E-state index contributed by atoms with van der Waals surface area (Å²) in [5.74, 6) is -0.241. The number of nitrogens with zero attached hydrogens (tertiary/aromatic N) is 4. The fraction of sp³-hybridized carbons (Fsp3) is 0.529. The van der Waals surface area contributed by atoms with E-state index in [4.69, 9.17) is 0 Å². The summed E-state index contributed by atoms with van der Waals surface area (Å²) in [6.07, 6.45) is 5.10. The minimum absolute atomic E-state index is 0.0702. The predicted molar refractivity (Wildman–Crippen MR) is 92.4 cm³/mol. The fourth-order valence-electron chi connectivity index (χ4n) is 3.48. The second-order valence-corrected chi connectivity index (χ2v) is 6.69. The first-order chi connectivity index (χ1) is 12.0. The van der Waals surface area contributed by atoms with Crippen molar-refractivity contribution >= 4 is 11.8 Å². The van der Waals surface area contributed by atoms with Crippen molar-refractivity contribution in [1.82, 2.24) is 30.2 Å². The lowest BCUT2D eigenvalue weighted by Gasteiger charge is -2.40. The van der Waals surface area contributed by atoms with Gasteiger partial charge in [0, 0.05) is 38.3 Å². The molecule has 1 fully saturated rings. The van der Waals surface area contributed by atoms with Crippen LogP contribution < -0.4 is 5.32 Å². The number of likely N-dealkylation sites (tertiary alicyclic amines) is 1. The van der Waals surface area contributed by atoms with E-state index in [-0.39, 0.29) is 17.2 Å². The van der Waals surface area contributed by atoms with E-state index in [2.05, 4.69) is 27.5 Å². The molecular formula is C17H24N6O2. The molecule has 0 saturated carbocycles. The molecule has 1 aliphatic rings. The van der Waals surface area contributed by atoms with Crippen LogP contribution in [0.4, 0.5) is 0 Å². The topological polar surface area (TPSA) is 95.9 Å². The molecule has 0 bridgehead atoms. The minimum Gasteiger partial charge on any atom is -0.355 e. The summed E-state index contributed by atoms with van der Waals surface area (Å²) in [4.78, 5) is 26.7. The molecule has 1 saturated heterocycles. The zero-order valence-corrected chi connectivity index (χ0v) is 14.9. The van der Waals surface area contributed by atoms with Crippen LogP contribution in [0.25, 0.3) is 0 Å². The molecule has 1 aliphatic heterocycles. The molecule has 0 radical (unpaired) electrons. The van der Waals surface area contributed by atoms with E-state index in [0.717, 1.165) is 25.1 Å². The van der Waals surface area contributed by atoms with Gasteiger partial charge in [-0.05, 0) is 25.8 Å². The second-order valence-electron chi connectivity index (χ2n) is 6.69. The third-order valence-corrected chi connectivity index (χ3v) is 4.88. The van der Waals surface area contributed by atoms with Crippen LogP contribution in [0, 0.1) is 0 Å². The SMILES string of the molecule is CCn1ccc(C(=O)N2CCC[C@@](C)(c3[nH]ncc3C(=O)NC)C2)n1. The normalized spacial score (nSPS) is 20.5. The summed E-state index contributed by atoms with van der Waals surface area (Å²) in [6, 6.07) is 1.75. The van der Waals surface area contributed by atoms with E-state index in [9.17, 15) is 9.59 Å². The highest BCUT2D eigenvalue weighted by Crippen LogP contribution is 2.34. The number of H-pyrrole nitrogens is 1. The van der Waals surface area contributed by atoms with Crippen LogP contribution in [-0.2, 0) is 12.0 Å². The Morgan fingerprint density at radius 2 is 2.24 bits per heavy atom. The smallest absolute Gasteiger partial charge is 0.274 e. The third kappa shape index (κ3) is 3.16. The van der Waals surface area contributed by atoms with Crippen LogP contribution >= 0.6 is 0 Å². The molecule has 2 amide bonds. The number of aromatic nitrogens is 4. The van der Waals surface area contributed by atoms with Crippen molar-refractivity contribution < 1.29 is 9.59 Å². The van der Waals surface area contributed by atoms with E-state index >= 15 is 0 Å². The number of piperidine rings is 1. The first-order valence-electron chi connectivity index (χ1n) is 8.57. The average Bonchev–Trinajstić information content (AvgIpc) is 3.29.